The number of nitrogens with zero attached hydrogens (tertiary/aromatic N) is 2. The van der Waals surface area contributed by atoms with Gasteiger partial charge in [0.2, 0.25) is 5.95 Å². The largest absolute Gasteiger partial charge is 0.366 e. The zero-order chi connectivity index (χ0) is 14.4. The summed E-state index contributed by atoms with van der Waals surface area (Å²) in [6.45, 7) is 5.73. The highest BCUT2D eigenvalue weighted by Gasteiger charge is 2.01. The fourth-order valence-electron chi connectivity index (χ4n) is 1.77. The van der Waals surface area contributed by atoms with Gasteiger partial charge in [-0.15, -0.1) is 0 Å². The average molecular weight is 335 g/mol. The summed E-state index contributed by atoms with van der Waals surface area (Å²) in [5, 5.41) is 6.54. The minimum atomic E-state index is 0.685. The number of rotatable bonds is 6. The fraction of sp³-hybridized carbons (Fsp3) is 0.333. The van der Waals surface area contributed by atoms with Crippen molar-refractivity contribution in [3.8, 4) is 0 Å². The zero-order valence-electron chi connectivity index (χ0n) is 11.8. The third-order valence-electron chi connectivity index (χ3n) is 2.77. The summed E-state index contributed by atoms with van der Waals surface area (Å²) < 4.78 is 1.09. The maximum atomic E-state index is 4.46. The van der Waals surface area contributed by atoms with Crippen molar-refractivity contribution in [2.24, 2.45) is 0 Å². The van der Waals surface area contributed by atoms with E-state index in [0.29, 0.717) is 5.95 Å². The van der Waals surface area contributed by atoms with Gasteiger partial charge in [-0.3, -0.25) is 0 Å². The molecule has 1 aromatic heterocycles. The summed E-state index contributed by atoms with van der Waals surface area (Å²) in [6.07, 6.45) is 1.05. The summed E-state index contributed by atoms with van der Waals surface area (Å²) >= 11 is 3.44. The molecule has 0 aliphatic heterocycles. The van der Waals surface area contributed by atoms with Gasteiger partial charge in [0.05, 0.1) is 0 Å². The molecule has 0 radical (unpaired) electrons. The molecule has 2 N–H and O–H groups in total. The molecule has 2 aromatic rings. The lowest BCUT2D eigenvalue weighted by atomic mass is 10.2. The lowest BCUT2D eigenvalue weighted by Crippen LogP contribution is -2.08. The zero-order valence-corrected chi connectivity index (χ0v) is 13.4. The van der Waals surface area contributed by atoms with E-state index in [-0.39, 0.29) is 0 Å². The molecule has 0 saturated heterocycles. The van der Waals surface area contributed by atoms with Crippen LogP contribution in [0.3, 0.4) is 0 Å². The van der Waals surface area contributed by atoms with Gasteiger partial charge in [-0.25, -0.2) is 4.98 Å². The highest BCUT2D eigenvalue weighted by molar-refractivity contribution is 9.10. The van der Waals surface area contributed by atoms with E-state index in [9.17, 15) is 0 Å². The Morgan fingerprint density at radius 2 is 1.85 bits per heavy atom. The summed E-state index contributed by atoms with van der Waals surface area (Å²) in [7, 11) is 0. The van der Waals surface area contributed by atoms with Crippen molar-refractivity contribution in [3.05, 3.63) is 46.1 Å². The third-order valence-corrected chi connectivity index (χ3v) is 3.30. The second-order valence-electron chi connectivity index (χ2n) is 4.62. The molecule has 0 aliphatic rings. The second kappa shape index (κ2) is 7.24. The van der Waals surface area contributed by atoms with Gasteiger partial charge in [0.25, 0.3) is 0 Å². The maximum absolute atomic E-state index is 4.46. The predicted molar refractivity (Wildman–Crippen MR) is 87.0 cm³/mol. The number of aryl methyl sites for hydroxylation is 1. The molecule has 0 amide bonds. The number of hydrogen-bond acceptors (Lipinski definition) is 4. The number of benzene rings is 1. The number of aromatic nitrogens is 2. The second-order valence-corrected chi connectivity index (χ2v) is 5.54. The Balaban J connectivity index is 2.01. The monoisotopic (exact) mass is 334 g/mol. The van der Waals surface area contributed by atoms with Crippen LogP contribution in [0.15, 0.2) is 34.8 Å². The van der Waals surface area contributed by atoms with Crippen LogP contribution in [0.1, 0.15) is 24.6 Å². The topological polar surface area (TPSA) is 49.8 Å². The molecule has 0 atom stereocenters. The predicted octanol–water partition coefficient (Wildman–Crippen LogP) is 3.98. The van der Waals surface area contributed by atoms with Crippen LogP contribution in [-0.4, -0.2) is 16.5 Å². The molecule has 4 nitrogen and oxygen atoms in total. The molecule has 0 saturated carbocycles. The molecule has 20 heavy (non-hydrogen) atoms. The van der Waals surface area contributed by atoms with E-state index in [1.807, 2.05) is 25.1 Å². The van der Waals surface area contributed by atoms with Crippen LogP contribution in [0.25, 0.3) is 0 Å². The number of nitrogens with one attached hydrogen (secondary N) is 2. The highest BCUT2D eigenvalue weighted by Crippen LogP contribution is 2.13. The Hall–Kier alpha value is -1.62. The Bertz CT molecular complexity index is 554. The number of anilines is 2. The van der Waals surface area contributed by atoms with Crippen LogP contribution < -0.4 is 10.6 Å². The van der Waals surface area contributed by atoms with Gasteiger partial charge in [0.1, 0.15) is 5.82 Å². The third kappa shape index (κ3) is 4.49. The highest BCUT2D eigenvalue weighted by atomic mass is 79.9. The van der Waals surface area contributed by atoms with Gasteiger partial charge >= 0.3 is 0 Å². The first-order valence-electron chi connectivity index (χ1n) is 6.75. The summed E-state index contributed by atoms with van der Waals surface area (Å²) in [5.74, 6) is 1.53. The van der Waals surface area contributed by atoms with Crippen molar-refractivity contribution in [2.75, 3.05) is 17.2 Å². The first-order chi connectivity index (χ1) is 9.67. The smallest absolute Gasteiger partial charge is 0.224 e. The Labute approximate surface area is 128 Å². The van der Waals surface area contributed by atoms with Gasteiger partial charge in [-0.2, -0.15) is 4.98 Å². The van der Waals surface area contributed by atoms with Crippen LogP contribution in [0, 0.1) is 6.92 Å². The molecular weight excluding hydrogens is 316 g/mol. The average Bonchev–Trinajstić information content (AvgIpc) is 2.44. The fourth-order valence-corrected chi connectivity index (χ4v) is 2.03. The van der Waals surface area contributed by atoms with E-state index in [2.05, 4.69) is 55.6 Å². The number of hydrogen-bond donors (Lipinski definition) is 2. The standard InChI is InChI=1S/C15H19BrN4/c1-3-8-17-15-19-11(2)9-14(20-15)18-10-12-4-6-13(16)7-5-12/h4-7,9H,3,8,10H2,1-2H3,(H2,17,18,19,20). The lowest BCUT2D eigenvalue weighted by Gasteiger charge is -2.09. The van der Waals surface area contributed by atoms with E-state index in [1.165, 1.54) is 5.56 Å². The lowest BCUT2D eigenvalue weighted by molar-refractivity contribution is 0.943. The van der Waals surface area contributed by atoms with Gasteiger partial charge in [-0.1, -0.05) is 35.0 Å². The summed E-state index contributed by atoms with van der Waals surface area (Å²) in [6, 6.07) is 10.2. The van der Waals surface area contributed by atoms with E-state index in [1.54, 1.807) is 0 Å². The van der Waals surface area contributed by atoms with Crippen molar-refractivity contribution in [2.45, 2.75) is 26.8 Å². The number of halogens is 1. The van der Waals surface area contributed by atoms with Gasteiger partial charge in [0.15, 0.2) is 0 Å². The van der Waals surface area contributed by atoms with E-state index >= 15 is 0 Å². The van der Waals surface area contributed by atoms with Crippen molar-refractivity contribution < 1.29 is 0 Å². The van der Waals surface area contributed by atoms with Crippen molar-refractivity contribution in [1.29, 1.82) is 0 Å². The maximum Gasteiger partial charge on any atom is 0.224 e. The van der Waals surface area contributed by atoms with Crippen molar-refractivity contribution >= 4 is 27.7 Å². The molecule has 5 heteroatoms. The van der Waals surface area contributed by atoms with Gasteiger partial charge in [-0.05, 0) is 31.0 Å². The molecule has 0 unspecified atom stereocenters. The van der Waals surface area contributed by atoms with Crippen LogP contribution in [0.4, 0.5) is 11.8 Å². The van der Waals surface area contributed by atoms with Crippen molar-refractivity contribution in [1.82, 2.24) is 9.97 Å². The molecule has 0 aliphatic carbocycles. The van der Waals surface area contributed by atoms with Crippen LogP contribution in [0.2, 0.25) is 0 Å². The van der Waals surface area contributed by atoms with E-state index in [4.69, 9.17) is 0 Å². The summed E-state index contributed by atoms with van der Waals surface area (Å²) in [4.78, 5) is 8.83. The minimum absolute atomic E-state index is 0.685. The van der Waals surface area contributed by atoms with Gasteiger partial charge in [0, 0.05) is 29.3 Å². The molecule has 1 aromatic carbocycles. The minimum Gasteiger partial charge on any atom is -0.366 e. The summed E-state index contributed by atoms with van der Waals surface area (Å²) in [5.41, 5.74) is 2.17. The van der Waals surface area contributed by atoms with Crippen LogP contribution >= 0.6 is 15.9 Å². The first-order valence-corrected chi connectivity index (χ1v) is 7.54. The Morgan fingerprint density at radius 1 is 1.10 bits per heavy atom. The van der Waals surface area contributed by atoms with Gasteiger partial charge < -0.3 is 10.6 Å². The molecule has 1 heterocycles. The molecular formula is C15H19BrN4. The van der Waals surface area contributed by atoms with Crippen LogP contribution in [-0.2, 0) is 6.54 Å². The molecule has 0 fully saturated rings. The molecule has 0 spiro atoms. The first kappa shape index (κ1) is 14.8. The molecule has 2 rings (SSSR count). The molecule has 0 bridgehead atoms. The Morgan fingerprint density at radius 3 is 2.55 bits per heavy atom. The normalized spacial score (nSPS) is 10.3. The van der Waals surface area contributed by atoms with Crippen molar-refractivity contribution in [3.63, 3.8) is 0 Å². The Kier molecular flexibility index (Phi) is 5.35. The van der Waals surface area contributed by atoms with E-state index in [0.717, 1.165) is 35.5 Å². The van der Waals surface area contributed by atoms with Crippen LogP contribution in [0.5, 0.6) is 0 Å². The quantitative estimate of drug-likeness (QED) is 0.838. The molecule has 106 valence electrons. The van der Waals surface area contributed by atoms with E-state index < -0.39 is 0 Å². The SMILES string of the molecule is CCCNc1nc(C)cc(NCc2ccc(Br)cc2)n1.